The average molecular weight is 202 g/mol. The zero-order valence-corrected chi connectivity index (χ0v) is 9.67. The van der Waals surface area contributed by atoms with Crippen LogP contribution in [0.15, 0.2) is 18.5 Å². The standard InChI is InChI=1S/C13H18N2/c1-4-9(2)5-11-8-15-13-12(11)6-10(3)7-14-13/h6-9H,4-5H2,1-3H3,(H,14,15). The highest BCUT2D eigenvalue weighted by Gasteiger charge is 2.07. The van der Waals surface area contributed by atoms with E-state index in [0.29, 0.717) is 0 Å². The maximum absolute atomic E-state index is 4.38. The number of aromatic amines is 1. The third-order valence-corrected chi connectivity index (χ3v) is 3.02. The molecule has 15 heavy (non-hydrogen) atoms. The minimum absolute atomic E-state index is 0.740. The van der Waals surface area contributed by atoms with E-state index in [2.05, 4.69) is 43.0 Å². The minimum Gasteiger partial charge on any atom is -0.346 e. The summed E-state index contributed by atoms with van der Waals surface area (Å²) >= 11 is 0. The first-order valence-corrected chi connectivity index (χ1v) is 5.63. The van der Waals surface area contributed by atoms with Crippen LogP contribution in [0.25, 0.3) is 11.0 Å². The summed E-state index contributed by atoms with van der Waals surface area (Å²) < 4.78 is 0. The molecule has 0 saturated carbocycles. The van der Waals surface area contributed by atoms with Gasteiger partial charge < -0.3 is 4.98 Å². The molecule has 0 radical (unpaired) electrons. The summed E-state index contributed by atoms with van der Waals surface area (Å²) in [6.07, 6.45) is 6.38. The van der Waals surface area contributed by atoms with Gasteiger partial charge in [-0.15, -0.1) is 0 Å². The van der Waals surface area contributed by atoms with Gasteiger partial charge in [0, 0.05) is 17.8 Å². The Kier molecular flexibility index (Phi) is 2.76. The van der Waals surface area contributed by atoms with E-state index in [-0.39, 0.29) is 0 Å². The van der Waals surface area contributed by atoms with Crippen LogP contribution in [0.2, 0.25) is 0 Å². The lowest BCUT2D eigenvalue weighted by molar-refractivity contribution is 0.562. The van der Waals surface area contributed by atoms with Gasteiger partial charge in [-0.1, -0.05) is 20.3 Å². The number of hydrogen-bond acceptors (Lipinski definition) is 1. The molecule has 0 fully saturated rings. The molecule has 0 saturated heterocycles. The van der Waals surface area contributed by atoms with Crippen LogP contribution in [-0.4, -0.2) is 9.97 Å². The quantitative estimate of drug-likeness (QED) is 0.811. The molecular formula is C13H18N2. The number of rotatable bonds is 3. The van der Waals surface area contributed by atoms with E-state index >= 15 is 0 Å². The maximum Gasteiger partial charge on any atom is 0.137 e. The SMILES string of the molecule is CCC(C)Cc1c[nH]c2ncc(C)cc12. The summed E-state index contributed by atoms with van der Waals surface area (Å²) in [6, 6.07) is 2.22. The van der Waals surface area contributed by atoms with Gasteiger partial charge in [0.2, 0.25) is 0 Å². The van der Waals surface area contributed by atoms with Crippen LogP contribution in [0.4, 0.5) is 0 Å². The first-order valence-electron chi connectivity index (χ1n) is 5.63. The Balaban J connectivity index is 2.39. The molecule has 1 unspecified atom stereocenters. The second-order valence-corrected chi connectivity index (χ2v) is 4.44. The number of fused-ring (bicyclic) bond motifs is 1. The van der Waals surface area contributed by atoms with Crippen molar-refractivity contribution < 1.29 is 0 Å². The maximum atomic E-state index is 4.38. The smallest absolute Gasteiger partial charge is 0.137 e. The van der Waals surface area contributed by atoms with Gasteiger partial charge in [0.05, 0.1) is 0 Å². The van der Waals surface area contributed by atoms with Crippen molar-refractivity contribution in [2.75, 3.05) is 0 Å². The molecule has 2 aromatic heterocycles. The van der Waals surface area contributed by atoms with Gasteiger partial charge in [-0.25, -0.2) is 4.98 Å². The molecule has 2 rings (SSSR count). The number of pyridine rings is 1. The van der Waals surface area contributed by atoms with Crippen LogP contribution in [-0.2, 0) is 6.42 Å². The van der Waals surface area contributed by atoms with Crippen LogP contribution < -0.4 is 0 Å². The van der Waals surface area contributed by atoms with Gasteiger partial charge in [-0.3, -0.25) is 0 Å². The van der Waals surface area contributed by atoms with Gasteiger partial charge in [0.25, 0.3) is 0 Å². The summed E-state index contributed by atoms with van der Waals surface area (Å²) in [7, 11) is 0. The van der Waals surface area contributed by atoms with Crippen molar-refractivity contribution >= 4 is 11.0 Å². The van der Waals surface area contributed by atoms with Crippen molar-refractivity contribution in [1.82, 2.24) is 9.97 Å². The Morgan fingerprint density at radius 1 is 1.47 bits per heavy atom. The lowest BCUT2D eigenvalue weighted by Crippen LogP contribution is -1.96. The Bertz CT molecular complexity index is 457. The minimum atomic E-state index is 0.740. The molecule has 80 valence electrons. The van der Waals surface area contributed by atoms with Crippen molar-refractivity contribution in [3.05, 3.63) is 29.6 Å². The van der Waals surface area contributed by atoms with Gasteiger partial charge in [-0.05, 0) is 36.5 Å². The number of hydrogen-bond donors (Lipinski definition) is 1. The van der Waals surface area contributed by atoms with Gasteiger partial charge >= 0.3 is 0 Å². The number of nitrogens with one attached hydrogen (secondary N) is 1. The Hall–Kier alpha value is -1.31. The summed E-state index contributed by atoms with van der Waals surface area (Å²) in [6.45, 7) is 6.62. The molecule has 0 aliphatic heterocycles. The molecule has 2 heteroatoms. The lowest BCUT2D eigenvalue weighted by Gasteiger charge is -2.06. The van der Waals surface area contributed by atoms with Crippen molar-refractivity contribution in [2.45, 2.75) is 33.6 Å². The molecule has 0 aliphatic carbocycles. The predicted octanol–water partition coefficient (Wildman–Crippen LogP) is 3.46. The molecular weight excluding hydrogens is 184 g/mol. The van der Waals surface area contributed by atoms with E-state index in [0.717, 1.165) is 18.0 Å². The normalized spacial score (nSPS) is 13.3. The van der Waals surface area contributed by atoms with E-state index < -0.39 is 0 Å². The molecule has 0 aromatic carbocycles. The topological polar surface area (TPSA) is 28.7 Å². The van der Waals surface area contributed by atoms with Crippen LogP contribution >= 0.6 is 0 Å². The molecule has 0 spiro atoms. The average Bonchev–Trinajstić information content (AvgIpc) is 2.61. The van der Waals surface area contributed by atoms with Crippen LogP contribution in [0.1, 0.15) is 31.4 Å². The Labute approximate surface area is 90.7 Å². The van der Waals surface area contributed by atoms with Gasteiger partial charge in [0.1, 0.15) is 5.65 Å². The Morgan fingerprint density at radius 3 is 3.00 bits per heavy atom. The highest BCUT2D eigenvalue weighted by atomic mass is 14.8. The molecule has 1 N–H and O–H groups in total. The molecule has 0 bridgehead atoms. The molecule has 1 atom stereocenters. The fourth-order valence-corrected chi connectivity index (χ4v) is 1.85. The number of nitrogens with zero attached hydrogens (tertiary/aromatic N) is 1. The van der Waals surface area contributed by atoms with Crippen molar-refractivity contribution in [3.8, 4) is 0 Å². The van der Waals surface area contributed by atoms with Crippen LogP contribution in [0.5, 0.6) is 0 Å². The molecule has 2 aromatic rings. The highest BCUT2D eigenvalue weighted by Crippen LogP contribution is 2.21. The van der Waals surface area contributed by atoms with E-state index in [1.165, 1.54) is 22.9 Å². The molecule has 2 nitrogen and oxygen atoms in total. The van der Waals surface area contributed by atoms with Crippen LogP contribution in [0, 0.1) is 12.8 Å². The second-order valence-electron chi connectivity index (χ2n) is 4.44. The summed E-state index contributed by atoms with van der Waals surface area (Å²) in [5.74, 6) is 0.740. The second kappa shape index (κ2) is 4.05. The monoisotopic (exact) mass is 202 g/mol. The lowest BCUT2D eigenvalue weighted by atomic mass is 9.99. The van der Waals surface area contributed by atoms with E-state index in [1.54, 1.807) is 0 Å². The largest absolute Gasteiger partial charge is 0.346 e. The predicted molar refractivity (Wildman–Crippen MR) is 64.0 cm³/mol. The van der Waals surface area contributed by atoms with Crippen molar-refractivity contribution in [2.24, 2.45) is 5.92 Å². The molecule has 0 aliphatic rings. The number of aromatic nitrogens is 2. The van der Waals surface area contributed by atoms with Gasteiger partial charge in [0.15, 0.2) is 0 Å². The van der Waals surface area contributed by atoms with Gasteiger partial charge in [-0.2, -0.15) is 0 Å². The first-order chi connectivity index (χ1) is 7.20. The Morgan fingerprint density at radius 2 is 2.27 bits per heavy atom. The summed E-state index contributed by atoms with van der Waals surface area (Å²) in [5.41, 5.74) is 3.64. The van der Waals surface area contributed by atoms with Crippen molar-refractivity contribution in [1.29, 1.82) is 0 Å². The summed E-state index contributed by atoms with van der Waals surface area (Å²) in [5, 5.41) is 1.29. The zero-order valence-electron chi connectivity index (χ0n) is 9.67. The van der Waals surface area contributed by atoms with E-state index in [1.807, 2.05) is 6.20 Å². The van der Waals surface area contributed by atoms with Crippen LogP contribution in [0.3, 0.4) is 0 Å². The third kappa shape index (κ3) is 2.04. The number of aryl methyl sites for hydroxylation is 1. The van der Waals surface area contributed by atoms with Crippen molar-refractivity contribution in [3.63, 3.8) is 0 Å². The number of H-pyrrole nitrogens is 1. The third-order valence-electron chi connectivity index (χ3n) is 3.02. The van der Waals surface area contributed by atoms with E-state index in [9.17, 15) is 0 Å². The first kappa shape index (κ1) is 10.2. The fraction of sp³-hybridized carbons (Fsp3) is 0.462. The van der Waals surface area contributed by atoms with E-state index in [4.69, 9.17) is 0 Å². The fourth-order valence-electron chi connectivity index (χ4n) is 1.85. The highest BCUT2D eigenvalue weighted by molar-refractivity contribution is 5.80. The zero-order chi connectivity index (χ0) is 10.8. The molecule has 0 amide bonds. The molecule has 2 heterocycles. The summed E-state index contributed by atoms with van der Waals surface area (Å²) in [4.78, 5) is 7.61.